The fourth-order valence-electron chi connectivity index (χ4n) is 2.26. The Labute approximate surface area is 140 Å². The smallest absolute Gasteiger partial charge is 0.338 e. The van der Waals surface area contributed by atoms with Crippen LogP contribution in [0.4, 0.5) is 26.2 Å². The van der Waals surface area contributed by atoms with E-state index >= 15 is 0 Å². The molecule has 5 N–H and O–H groups in total. The average molecular weight is 339 g/mol. The molecule has 0 bridgehead atoms. The summed E-state index contributed by atoms with van der Waals surface area (Å²) in [6, 6.07) is 9.34. The number of nitrogen functional groups attached to an aromatic ring is 1. The van der Waals surface area contributed by atoms with Gasteiger partial charge in [-0.05, 0) is 48.7 Å². The molecule has 5 nitrogen and oxygen atoms in total. The number of nitrogens with zero attached hydrogens (tertiary/aromatic N) is 1. The number of nitrogens with two attached hydrogens (primary N) is 2. The number of hydrazine groups is 1. The highest BCUT2D eigenvalue weighted by atomic mass is 35.5. The van der Waals surface area contributed by atoms with Crippen LogP contribution in [0.25, 0.3) is 0 Å². The molecule has 0 unspecified atom stereocenters. The number of urea groups is 1. The van der Waals surface area contributed by atoms with Crippen LogP contribution in [0.3, 0.4) is 0 Å². The van der Waals surface area contributed by atoms with Crippen LogP contribution in [0.1, 0.15) is 18.1 Å². The Kier molecular flexibility index (Phi) is 6.21. The van der Waals surface area contributed by atoms with E-state index < -0.39 is 11.8 Å². The summed E-state index contributed by atoms with van der Waals surface area (Å²) >= 11 is 0. The number of hydrogen-bond donors (Lipinski definition) is 3. The van der Waals surface area contributed by atoms with Crippen molar-refractivity contribution >= 4 is 35.5 Å². The van der Waals surface area contributed by atoms with Crippen LogP contribution in [0, 0.1) is 12.7 Å². The molecule has 23 heavy (non-hydrogen) atoms. The SMILES string of the molecule is CCc1cc(N)cc(F)c1N(Nc1cccc(C)c1)C(N)=O.Cl. The largest absolute Gasteiger partial charge is 0.399 e. The Bertz CT molecular complexity index is 708. The molecule has 0 heterocycles. The minimum absolute atomic E-state index is 0. The van der Waals surface area contributed by atoms with Gasteiger partial charge in [0.1, 0.15) is 5.69 Å². The number of halogens is 2. The van der Waals surface area contributed by atoms with E-state index in [1.165, 1.54) is 6.07 Å². The van der Waals surface area contributed by atoms with Crippen molar-refractivity contribution in [1.29, 1.82) is 0 Å². The van der Waals surface area contributed by atoms with Crippen molar-refractivity contribution in [3.63, 3.8) is 0 Å². The molecule has 7 heteroatoms. The molecule has 0 saturated carbocycles. The van der Waals surface area contributed by atoms with Crippen molar-refractivity contribution in [2.45, 2.75) is 20.3 Å². The Hall–Kier alpha value is -2.47. The van der Waals surface area contributed by atoms with Gasteiger partial charge in [-0.15, -0.1) is 12.4 Å². The second-order valence-electron chi connectivity index (χ2n) is 5.02. The highest BCUT2D eigenvalue weighted by Crippen LogP contribution is 2.28. The topological polar surface area (TPSA) is 84.4 Å². The lowest BCUT2D eigenvalue weighted by atomic mass is 10.1. The number of hydrogen-bond acceptors (Lipinski definition) is 3. The maximum atomic E-state index is 14.3. The van der Waals surface area contributed by atoms with Gasteiger partial charge in [0, 0.05) is 5.69 Å². The lowest BCUT2D eigenvalue weighted by Gasteiger charge is -2.25. The van der Waals surface area contributed by atoms with Crippen LogP contribution >= 0.6 is 12.4 Å². The van der Waals surface area contributed by atoms with Crippen molar-refractivity contribution in [1.82, 2.24) is 0 Å². The predicted octanol–water partition coefficient (Wildman–Crippen LogP) is 3.61. The molecule has 0 aliphatic rings. The first-order chi connectivity index (χ1) is 10.4. The fraction of sp³-hybridized carbons (Fsp3) is 0.188. The number of nitrogens with one attached hydrogen (secondary N) is 1. The van der Waals surface area contributed by atoms with Crippen LogP contribution in [0.15, 0.2) is 36.4 Å². The van der Waals surface area contributed by atoms with Crippen LogP contribution < -0.4 is 21.9 Å². The molecule has 2 rings (SSSR count). The van der Waals surface area contributed by atoms with E-state index in [0.717, 1.165) is 10.6 Å². The molecule has 2 aromatic carbocycles. The molecule has 0 aliphatic carbocycles. The molecular formula is C16H20ClFN4O. The highest BCUT2D eigenvalue weighted by Gasteiger charge is 2.21. The number of rotatable bonds is 4. The standard InChI is InChI=1S/C16H19FN4O.ClH/c1-3-11-8-12(18)9-14(17)15(11)21(16(19)22)20-13-6-4-5-10(2)7-13;/h4-9,20H,3,18H2,1-2H3,(H2,19,22);1H. The van der Waals surface area contributed by atoms with Crippen LogP contribution in [-0.4, -0.2) is 6.03 Å². The van der Waals surface area contributed by atoms with Gasteiger partial charge in [-0.3, -0.25) is 5.43 Å². The van der Waals surface area contributed by atoms with E-state index in [1.807, 2.05) is 32.0 Å². The molecule has 124 valence electrons. The molecule has 0 spiro atoms. The summed E-state index contributed by atoms with van der Waals surface area (Å²) in [5.74, 6) is -0.601. The van der Waals surface area contributed by atoms with Crippen LogP contribution in [0.2, 0.25) is 0 Å². The summed E-state index contributed by atoms with van der Waals surface area (Å²) in [6.45, 7) is 3.77. The van der Waals surface area contributed by atoms with Crippen molar-refractivity contribution in [2.75, 3.05) is 16.2 Å². The van der Waals surface area contributed by atoms with E-state index in [2.05, 4.69) is 5.43 Å². The second-order valence-corrected chi connectivity index (χ2v) is 5.02. The third-order valence-corrected chi connectivity index (χ3v) is 3.25. The van der Waals surface area contributed by atoms with Crippen molar-refractivity contribution in [3.8, 4) is 0 Å². The van der Waals surface area contributed by atoms with Gasteiger partial charge in [-0.25, -0.2) is 14.2 Å². The Morgan fingerprint density at radius 1 is 1.30 bits per heavy atom. The molecule has 0 fully saturated rings. The summed E-state index contributed by atoms with van der Waals surface area (Å²) in [4.78, 5) is 11.8. The number of amides is 2. The zero-order chi connectivity index (χ0) is 16.3. The number of anilines is 3. The maximum absolute atomic E-state index is 14.3. The minimum atomic E-state index is -0.806. The van der Waals surface area contributed by atoms with E-state index in [4.69, 9.17) is 11.5 Å². The monoisotopic (exact) mass is 338 g/mol. The Balaban J connectivity index is 0.00000264. The normalized spacial score (nSPS) is 9.87. The predicted molar refractivity (Wildman–Crippen MR) is 94.3 cm³/mol. The third-order valence-electron chi connectivity index (χ3n) is 3.25. The number of aryl methyl sites for hydroxylation is 2. The minimum Gasteiger partial charge on any atom is -0.399 e. The molecule has 0 atom stereocenters. The van der Waals surface area contributed by atoms with Gasteiger partial charge in [-0.2, -0.15) is 0 Å². The first-order valence-corrected chi connectivity index (χ1v) is 6.93. The summed E-state index contributed by atoms with van der Waals surface area (Å²) in [6.07, 6.45) is 0.510. The van der Waals surface area contributed by atoms with E-state index in [-0.39, 0.29) is 18.1 Å². The average Bonchev–Trinajstić information content (AvgIpc) is 2.44. The van der Waals surface area contributed by atoms with E-state index in [1.54, 1.807) is 12.1 Å². The molecule has 2 aromatic rings. The molecule has 0 radical (unpaired) electrons. The van der Waals surface area contributed by atoms with Gasteiger partial charge >= 0.3 is 6.03 Å². The molecule has 0 saturated heterocycles. The first kappa shape index (κ1) is 18.6. The first-order valence-electron chi connectivity index (χ1n) is 6.93. The quantitative estimate of drug-likeness (QED) is 0.588. The van der Waals surface area contributed by atoms with Gasteiger partial charge in [0.25, 0.3) is 0 Å². The Morgan fingerprint density at radius 3 is 2.57 bits per heavy atom. The number of carbonyl (C=O) groups excluding carboxylic acids is 1. The van der Waals surface area contributed by atoms with Crippen molar-refractivity contribution in [3.05, 3.63) is 53.3 Å². The maximum Gasteiger partial charge on any atom is 0.338 e. The number of benzene rings is 2. The van der Waals surface area contributed by atoms with Crippen LogP contribution in [-0.2, 0) is 6.42 Å². The lowest BCUT2D eigenvalue weighted by Crippen LogP contribution is -2.41. The molecule has 0 aliphatic heterocycles. The van der Waals surface area contributed by atoms with E-state index in [9.17, 15) is 9.18 Å². The van der Waals surface area contributed by atoms with Crippen LogP contribution in [0.5, 0.6) is 0 Å². The molecule has 2 amide bonds. The zero-order valence-corrected chi connectivity index (χ0v) is 13.8. The van der Waals surface area contributed by atoms with Gasteiger partial charge < -0.3 is 11.5 Å². The van der Waals surface area contributed by atoms with Gasteiger partial charge in [0.2, 0.25) is 0 Å². The fourth-order valence-corrected chi connectivity index (χ4v) is 2.26. The van der Waals surface area contributed by atoms with E-state index in [0.29, 0.717) is 23.4 Å². The number of primary amides is 1. The summed E-state index contributed by atoms with van der Waals surface area (Å²) < 4.78 is 14.3. The summed E-state index contributed by atoms with van der Waals surface area (Å²) in [7, 11) is 0. The zero-order valence-electron chi connectivity index (χ0n) is 13.0. The molecule has 0 aromatic heterocycles. The summed E-state index contributed by atoms with van der Waals surface area (Å²) in [5, 5.41) is 1.00. The number of carbonyl (C=O) groups is 1. The van der Waals surface area contributed by atoms with Gasteiger partial charge in [0.05, 0.1) is 5.69 Å². The lowest BCUT2D eigenvalue weighted by molar-refractivity contribution is 0.254. The third kappa shape index (κ3) is 4.26. The van der Waals surface area contributed by atoms with Crippen molar-refractivity contribution < 1.29 is 9.18 Å². The molecular weight excluding hydrogens is 319 g/mol. The van der Waals surface area contributed by atoms with Gasteiger partial charge in [0.15, 0.2) is 5.82 Å². The highest BCUT2D eigenvalue weighted by molar-refractivity contribution is 5.94. The summed E-state index contributed by atoms with van der Waals surface area (Å²) in [5.41, 5.74) is 16.5. The van der Waals surface area contributed by atoms with Gasteiger partial charge in [-0.1, -0.05) is 19.1 Å². The Morgan fingerprint density at radius 2 is 2.00 bits per heavy atom. The van der Waals surface area contributed by atoms with Crippen molar-refractivity contribution in [2.24, 2.45) is 5.73 Å². The second kappa shape index (κ2) is 7.69.